The minimum atomic E-state index is -0.271. The standard InChI is InChI=1S/C19H29N3O2/c1-19(2,3)15-8-6-7-9-16(15)22-13-14(12-17(22)23)18(24)20-10-11-21(4)5/h6-9,14H,10-13H2,1-5H3,(H,20,24). The molecule has 1 aromatic carbocycles. The number of hydrogen-bond acceptors (Lipinski definition) is 3. The molecule has 0 bridgehead atoms. The summed E-state index contributed by atoms with van der Waals surface area (Å²) in [5.41, 5.74) is 2.01. The average molecular weight is 331 g/mol. The number of nitrogens with one attached hydrogen (secondary N) is 1. The van der Waals surface area contributed by atoms with Crippen molar-refractivity contribution in [3.05, 3.63) is 29.8 Å². The van der Waals surface area contributed by atoms with Gasteiger partial charge in [0.25, 0.3) is 0 Å². The summed E-state index contributed by atoms with van der Waals surface area (Å²) < 4.78 is 0. The molecule has 1 heterocycles. The second-order valence-corrected chi connectivity index (χ2v) is 7.77. The maximum absolute atomic E-state index is 12.5. The molecule has 24 heavy (non-hydrogen) atoms. The fraction of sp³-hybridized carbons (Fsp3) is 0.579. The van der Waals surface area contributed by atoms with Gasteiger partial charge in [-0.25, -0.2) is 0 Å². The van der Waals surface area contributed by atoms with Crippen LogP contribution in [0, 0.1) is 5.92 Å². The summed E-state index contributed by atoms with van der Waals surface area (Å²) in [6.07, 6.45) is 0.284. The third-order valence-electron chi connectivity index (χ3n) is 4.36. The number of nitrogens with zero attached hydrogens (tertiary/aromatic N) is 2. The van der Waals surface area contributed by atoms with Crippen LogP contribution >= 0.6 is 0 Å². The van der Waals surface area contributed by atoms with Gasteiger partial charge >= 0.3 is 0 Å². The van der Waals surface area contributed by atoms with Crippen molar-refractivity contribution < 1.29 is 9.59 Å². The topological polar surface area (TPSA) is 52.7 Å². The number of carbonyl (C=O) groups excluding carboxylic acids is 2. The molecule has 0 aromatic heterocycles. The molecule has 5 heteroatoms. The summed E-state index contributed by atoms with van der Waals surface area (Å²) in [4.78, 5) is 28.6. The quantitative estimate of drug-likeness (QED) is 0.898. The lowest BCUT2D eigenvalue weighted by Crippen LogP contribution is -2.37. The van der Waals surface area contributed by atoms with Crippen molar-refractivity contribution in [3.63, 3.8) is 0 Å². The minimum absolute atomic E-state index is 0.0269. The fourth-order valence-corrected chi connectivity index (χ4v) is 3.01. The van der Waals surface area contributed by atoms with E-state index in [-0.39, 0.29) is 29.6 Å². The molecule has 2 rings (SSSR count). The van der Waals surface area contributed by atoms with Crippen LogP contribution in [-0.2, 0) is 15.0 Å². The molecule has 1 fully saturated rings. The summed E-state index contributed by atoms with van der Waals surface area (Å²) in [7, 11) is 3.94. The van der Waals surface area contributed by atoms with E-state index < -0.39 is 0 Å². The first kappa shape index (κ1) is 18.5. The normalized spacial score (nSPS) is 18.3. The van der Waals surface area contributed by atoms with Crippen molar-refractivity contribution in [1.82, 2.24) is 10.2 Å². The Bertz CT molecular complexity index is 605. The molecule has 1 unspecified atom stereocenters. The number of carbonyl (C=O) groups is 2. The molecule has 0 radical (unpaired) electrons. The second-order valence-electron chi connectivity index (χ2n) is 7.77. The Balaban J connectivity index is 2.10. The van der Waals surface area contributed by atoms with Crippen LogP contribution in [0.3, 0.4) is 0 Å². The van der Waals surface area contributed by atoms with Gasteiger partial charge in [0.1, 0.15) is 0 Å². The largest absolute Gasteiger partial charge is 0.355 e. The number of para-hydroxylation sites is 1. The van der Waals surface area contributed by atoms with E-state index in [0.717, 1.165) is 17.8 Å². The first-order chi connectivity index (χ1) is 11.2. The Morgan fingerprint density at radius 1 is 1.29 bits per heavy atom. The van der Waals surface area contributed by atoms with E-state index in [2.05, 4.69) is 32.2 Å². The van der Waals surface area contributed by atoms with Crippen LogP contribution < -0.4 is 10.2 Å². The molecular weight excluding hydrogens is 302 g/mol. The number of likely N-dealkylation sites (N-methyl/N-ethyl adjacent to an activating group) is 1. The Labute approximate surface area is 145 Å². The van der Waals surface area contributed by atoms with E-state index in [4.69, 9.17) is 0 Å². The Morgan fingerprint density at radius 2 is 1.96 bits per heavy atom. The van der Waals surface area contributed by atoms with Crippen molar-refractivity contribution in [3.8, 4) is 0 Å². The number of amides is 2. The third kappa shape index (κ3) is 4.35. The molecule has 0 spiro atoms. The average Bonchev–Trinajstić information content (AvgIpc) is 2.88. The van der Waals surface area contributed by atoms with Gasteiger partial charge in [0.15, 0.2) is 0 Å². The molecule has 0 saturated carbocycles. The SMILES string of the molecule is CN(C)CCNC(=O)C1CC(=O)N(c2ccccc2C(C)(C)C)C1. The molecule has 1 N–H and O–H groups in total. The van der Waals surface area contributed by atoms with E-state index in [1.807, 2.05) is 37.2 Å². The van der Waals surface area contributed by atoms with Gasteiger partial charge in [-0.2, -0.15) is 0 Å². The molecule has 1 aromatic rings. The van der Waals surface area contributed by atoms with E-state index in [1.54, 1.807) is 4.90 Å². The molecular formula is C19H29N3O2. The van der Waals surface area contributed by atoms with Crippen molar-refractivity contribution in [2.45, 2.75) is 32.6 Å². The van der Waals surface area contributed by atoms with Crippen LogP contribution in [0.4, 0.5) is 5.69 Å². The summed E-state index contributed by atoms with van der Waals surface area (Å²) in [6, 6.07) is 7.98. The summed E-state index contributed by atoms with van der Waals surface area (Å²) in [5.74, 6) is -0.270. The molecule has 1 saturated heterocycles. The molecule has 0 aliphatic carbocycles. The monoisotopic (exact) mass is 331 g/mol. The molecule has 1 aliphatic rings. The maximum Gasteiger partial charge on any atom is 0.227 e. The van der Waals surface area contributed by atoms with E-state index in [9.17, 15) is 9.59 Å². The van der Waals surface area contributed by atoms with Gasteiger partial charge in [-0.1, -0.05) is 39.0 Å². The maximum atomic E-state index is 12.5. The molecule has 5 nitrogen and oxygen atoms in total. The van der Waals surface area contributed by atoms with Crippen molar-refractivity contribution in [2.24, 2.45) is 5.92 Å². The number of hydrogen-bond donors (Lipinski definition) is 1. The van der Waals surface area contributed by atoms with Crippen LogP contribution in [0.25, 0.3) is 0 Å². The first-order valence-corrected chi connectivity index (χ1v) is 8.52. The minimum Gasteiger partial charge on any atom is -0.355 e. The van der Waals surface area contributed by atoms with Gasteiger partial charge in [-0.3, -0.25) is 9.59 Å². The number of rotatable bonds is 5. The lowest BCUT2D eigenvalue weighted by atomic mass is 9.85. The lowest BCUT2D eigenvalue weighted by Gasteiger charge is -2.27. The predicted octanol–water partition coefficient (Wildman–Crippen LogP) is 2.01. The van der Waals surface area contributed by atoms with E-state index in [0.29, 0.717) is 13.1 Å². The summed E-state index contributed by atoms with van der Waals surface area (Å²) in [6.45, 7) is 8.27. The zero-order valence-corrected chi connectivity index (χ0v) is 15.4. The smallest absolute Gasteiger partial charge is 0.227 e. The van der Waals surface area contributed by atoms with Crippen molar-refractivity contribution in [1.29, 1.82) is 0 Å². The second kappa shape index (κ2) is 7.34. The van der Waals surface area contributed by atoms with Gasteiger partial charge in [-0.15, -0.1) is 0 Å². The first-order valence-electron chi connectivity index (χ1n) is 8.52. The molecule has 132 valence electrons. The van der Waals surface area contributed by atoms with Crippen LogP contribution in [0.15, 0.2) is 24.3 Å². The zero-order chi connectivity index (χ0) is 17.9. The molecule has 1 aliphatic heterocycles. The highest BCUT2D eigenvalue weighted by atomic mass is 16.2. The van der Waals surface area contributed by atoms with Crippen molar-refractivity contribution in [2.75, 3.05) is 38.6 Å². The highest BCUT2D eigenvalue weighted by Gasteiger charge is 2.36. The number of benzene rings is 1. The van der Waals surface area contributed by atoms with Gasteiger partial charge in [0.05, 0.1) is 5.92 Å². The Hall–Kier alpha value is -1.88. The molecule has 2 amide bonds. The van der Waals surface area contributed by atoms with Gasteiger partial charge in [-0.05, 0) is 31.1 Å². The van der Waals surface area contributed by atoms with Crippen LogP contribution in [-0.4, -0.2) is 50.4 Å². The predicted molar refractivity (Wildman–Crippen MR) is 97.2 cm³/mol. The van der Waals surface area contributed by atoms with Crippen LogP contribution in [0.2, 0.25) is 0 Å². The van der Waals surface area contributed by atoms with E-state index in [1.165, 1.54) is 0 Å². The van der Waals surface area contributed by atoms with E-state index >= 15 is 0 Å². The van der Waals surface area contributed by atoms with Crippen LogP contribution in [0.1, 0.15) is 32.8 Å². The third-order valence-corrected chi connectivity index (χ3v) is 4.36. The highest BCUT2D eigenvalue weighted by Crippen LogP contribution is 2.35. The molecule has 1 atom stereocenters. The van der Waals surface area contributed by atoms with Gasteiger partial charge in [0.2, 0.25) is 11.8 Å². The summed E-state index contributed by atoms with van der Waals surface area (Å²) in [5, 5.41) is 2.93. The zero-order valence-electron chi connectivity index (χ0n) is 15.4. The van der Waals surface area contributed by atoms with Gasteiger partial charge < -0.3 is 15.1 Å². The Kier molecular flexibility index (Phi) is 5.65. The van der Waals surface area contributed by atoms with Crippen LogP contribution in [0.5, 0.6) is 0 Å². The lowest BCUT2D eigenvalue weighted by molar-refractivity contribution is -0.126. The fourth-order valence-electron chi connectivity index (χ4n) is 3.01. The summed E-state index contributed by atoms with van der Waals surface area (Å²) >= 11 is 0. The number of anilines is 1. The van der Waals surface area contributed by atoms with Crippen molar-refractivity contribution >= 4 is 17.5 Å². The highest BCUT2D eigenvalue weighted by molar-refractivity contribution is 6.01. The van der Waals surface area contributed by atoms with Gasteiger partial charge in [0, 0.05) is 31.7 Å². The Morgan fingerprint density at radius 3 is 2.58 bits per heavy atom.